The molecule has 16 heavy (non-hydrogen) atoms. The molecule has 0 aliphatic rings. The third kappa shape index (κ3) is 2.17. The Balaban J connectivity index is 2.35. The summed E-state index contributed by atoms with van der Waals surface area (Å²) in [6.45, 7) is 0. The number of aromatic amines is 1. The quantitative estimate of drug-likeness (QED) is 0.806. The number of hydrogen-bond donors (Lipinski definition) is 2. The summed E-state index contributed by atoms with van der Waals surface area (Å²) in [6.07, 6.45) is -0.950. The molecule has 0 aliphatic heterocycles. The monoisotopic (exact) mass is 219 g/mol. The van der Waals surface area contributed by atoms with E-state index < -0.39 is 6.10 Å². The Morgan fingerprint density at radius 3 is 2.44 bits per heavy atom. The fraction of sp³-hybridized carbons (Fsp3) is 0.0833. The van der Waals surface area contributed by atoms with Crippen LogP contribution in [0, 0.1) is 5.82 Å². The van der Waals surface area contributed by atoms with Gasteiger partial charge in [-0.2, -0.15) is 0 Å². The minimum Gasteiger partial charge on any atom is -0.382 e. The van der Waals surface area contributed by atoms with E-state index in [1.165, 1.54) is 30.3 Å². The summed E-state index contributed by atoms with van der Waals surface area (Å²) >= 11 is 0. The van der Waals surface area contributed by atoms with Gasteiger partial charge in [-0.25, -0.2) is 4.39 Å². The highest BCUT2D eigenvalue weighted by molar-refractivity contribution is 5.25. The molecule has 1 aromatic carbocycles. The fourth-order valence-electron chi connectivity index (χ4n) is 1.45. The van der Waals surface area contributed by atoms with Crippen LogP contribution in [0.5, 0.6) is 0 Å². The number of rotatable bonds is 2. The number of halogens is 1. The Labute approximate surface area is 91.2 Å². The summed E-state index contributed by atoms with van der Waals surface area (Å²) in [5, 5.41) is 9.91. The van der Waals surface area contributed by atoms with Crippen molar-refractivity contribution in [3.05, 3.63) is 69.9 Å². The zero-order valence-corrected chi connectivity index (χ0v) is 8.35. The smallest absolute Gasteiger partial charge is 0.248 e. The van der Waals surface area contributed by atoms with E-state index >= 15 is 0 Å². The zero-order valence-electron chi connectivity index (χ0n) is 8.35. The van der Waals surface area contributed by atoms with E-state index in [1.54, 1.807) is 12.1 Å². The van der Waals surface area contributed by atoms with Crippen molar-refractivity contribution in [1.29, 1.82) is 0 Å². The number of pyridine rings is 1. The van der Waals surface area contributed by atoms with Crippen LogP contribution in [-0.4, -0.2) is 10.1 Å². The molecule has 0 unspecified atom stereocenters. The maximum atomic E-state index is 12.7. The molecule has 0 aliphatic carbocycles. The molecule has 3 nitrogen and oxygen atoms in total. The van der Waals surface area contributed by atoms with E-state index in [4.69, 9.17) is 0 Å². The minimum absolute atomic E-state index is 0.279. The summed E-state index contributed by atoms with van der Waals surface area (Å²) in [5.74, 6) is -0.363. The SMILES string of the molecule is O=c1cccc([C@@H](O)c2ccc(F)cc2)[nH]1. The lowest BCUT2D eigenvalue weighted by atomic mass is 10.1. The Morgan fingerprint density at radius 2 is 1.81 bits per heavy atom. The molecule has 0 saturated heterocycles. The van der Waals surface area contributed by atoms with Crippen LogP contribution in [0.15, 0.2) is 47.3 Å². The van der Waals surface area contributed by atoms with Crippen LogP contribution in [0.3, 0.4) is 0 Å². The van der Waals surface area contributed by atoms with Gasteiger partial charge in [-0.15, -0.1) is 0 Å². The van der Waals surface area contributed by atoms with Crippen LogP contribution in [0.2, 0.25) is 0 Å². The molecular weight excluding hydrogens is 209 g/mol. The number of H-pyrrole nitrogens is 1. The molecule has 1 heterocycles. The lowest BCUT2D eigenvalue weighted by Crippen LogP contribution is -2.10. The Bertz CT molecular complexity index is 533. The molecule has 0 radical (unpaired) electrons. The van der Waals surface area contributed by atoms with Gasteiger partial charge in [-0.05, 0) is 23.8 Å². The average molecular weight is 219 g/mol. The first-order valence-electron chi connectivity index (χ1n) is 4.79. The lowest BCUT2D eigenvalue weighted by molar-refractivity contribution is 0.215. The van der Waals surface area contributed by atoms with Crippen molar-refractivity contribution in [1.82, 2.24) is 4.98 Å². The summed E-state index contributed by atoms with van der Waals surface area (Å²) < 4.78 is 12.7. The molecule has 0 saturated carbocycles. The Kier molecular flexibility index (Phi) is 2.83. The number of hydrogen-bond acceptors (Lipinski definition) is 2. The molecular formula is C12H10FNO2. The fourth-order valence-corrected chi connectivity index (χ4v) is 1.45. The standard InChI is InChI=1S/C12H10FNO2/c13-9-6-4-8(5-7-9)12(16)10-2-1-3-11(15)14-10/h1-7,12,16H,(H,14,15)/t12-/m0/s1. The molecule has 0 spiro atoms. The zero-order chi connectivity index (χ0) is 11.5. The van der Waals surface area contributed by atoms with Gasteiger partial charge >= 0.3 is 0 Å². The molecule has 2 N–H and O–H groups in total. The van der Waals surface area contributed by atoms with Crippen molar-refractivity contribution in [2.75, 3.05) is 0 Å². The summed E-state index contributed by atoms with van der Waals surface area (Å²) in [5.41, 5.74) is 0.640. The van der Waals surface area contributed by atoms with Gasteiger partial charge in [0.2, 0.25) is 5.56 Å². The van der Waals surface area contributed by atoms with Gasteiger partial charge in [0, 0.05) is 6.07 Å². The second-order valence-electron chi connectivity index (χ2n) is 3.42. The molecule has 1 atom stereocenters. The predicted molar refractivity (Wildman–Crippen MR) is 57.5 cm³/mol. The second-order valence-corrected chi connectivity index (χ2v) is 3.42. The van der Waals surface area contributed by atoms with Crippen LogP contribution >= 0.6 is 0 Å². The summed E-state index contributed by atoms with van der Waals surface area (Å²) in [7, 11) is 0. The van der Waals surface area contributed by atoms with Crippen LogP contribution in [0.1, 0.15) is 17.4 Å². The normalized spacial score (nSPS) is 12.4. The van der Waals surface area contributed by atoms with E-state index in [9.17, 15) is 14.3 Å². The lowest BCUT2D eigenvalue weighted by Gasteiger charge is -2.10. The van der Waals surface area contributed by atoms with Crippen LogP contribution in [-0.2, 0) is 0 Å². The second kappa shape index (κ2) is 4.28. The molecule has 2 rings (SSSR count). The van der Waals surface area contributed by atoms with E-state index in [1.807, 2.05) is 0 Å². The van der Waals surface area contributed by atoms with Crippen molar-refractivity contribution in [3.8, 4) is 0 Å². The summed E-state index contributed by atoms with van der Waals surface area (Å²) in [4.78, 5) is 13.6. The third-order valence-electron chi connectivity index (χ3n) is 2.27. The molecule has 0 bridgehead atoms. The van der Waals surface area contributed by atoms with E-state index in [2.05, 4.69) is 4.98 Å². The third-order valence-corrected chi connectivity index (χ3v) is 2.27. The summed E-state index contributed by atoms with van der Waals surface area (Å²) in [6, 6.07) is 10.0. The number of nitrogens with one attached hydrogen (secondary N) is 1. The molecule has 82 valence electrons. The van der Waals surface area contributed by atoms with Gasteiger partial charge in [-0.3, -0.25) is 4.79 Å². The first-order valence-corrected chi connectivity index (χ1v) is 4.79. The van der Waals surface area contributed by atoms with Crippen molar-refractivity contribution in [2.45, 2.75) is 6.10 Å². The molecule has 0 amide bonds. The van der Waals surface area contributed by atoms with Gasteiger partial charge < -0.3 is 10.1 Å². The largest absolute Gasteiger partial charge is 0.382 e. The van der Waals surface area contributed by atoms with Gasteiger partial charge in [0.05, 0.1) is 5.69 Å². The Morgan fingerprint density at radius 1 is 1.12 bits per heavy atom. The van der Waals surface area contributed by atoms with E-state index in [-0.39, 0.29) is 11.4 Å². The van der Waals surface area contributed by atoms with Crippen molar-refractivity contribution < 1.29 is 9.50 Å². The number of aliphatic hydroxyl groups is 1. The maximum Gasteiger partial charge on any atom is 0.248 e. The van der Waals surface area contributed by atoms with Gasteiger partial charge in [0.25, 0.3) is 0 Å². The predicted octanol–water partition coefficient (Wildman–Crippen LogP) is 1.60. The van der Waals surface area contributed by atoms with Gasteiger partial charge in [-0.1, -0.05) is 18.2 Å². The van der Waals surface area contributed by atoms with Crippen molar-refractivity contribution in [3.63, 3.8) is 0 Å². The topological polar surface area (TPSA) is 53.1 Å². The highest BCUT2D eigenvalue weighted by atomic mass is 19.1. The first-order chi connectivity index (χ1) is 7.66. The molecule has 2 aromatic rings. The van der Waals surface area contributed by atoms with Crippen molar-refractivity contribution >= 4 is 0 Å². The molecule has 1 aromatic heterocycles. The van der Waals surface area contributed by atoms with Crippen LogP contribution < -0.4 is 5.56 Å². The highest BCUT2D eigenvalue weighted by Crippen LogP contribution is 2.19. The molecule has 0 fully saturated rings. The van der Waals surface area contributed by atoms with E-state index in [0.717, 1.165) is 0 Å². The average Bonchev–Trinajstić information content (AvgIpc) is 2.29. The molecule has 4 heteroatoms. The van der Waals surface area contributed by atoms with E-state index in [0.29, 0.717) is 11.3 Å². The Hall–Kier alpha value is -1.94. The van der Waals surface area contributed by atoms with Crippen LogP contribution in [0.4, 0.5) is 4.39 Å². The van der Waals surface area contributed by atoms with Gasteiger partial charge in [0.1, 0.15) is 11.9 Å². The minimum atomic E-state index is -0.950. The number of aromatic nitrogens is 1. The maximum absolute atomic E-state index is 12.7. The highest BCUT2D eigenvalue weighted by Gasteiger charge is 2.10. The van der Waals surface area contributed by atoms with Crippen LogP contribution in [0.25, 0.3) is 0 Å². The number of aliphatic hydroxyl groups excluding tert-OH is 1. The van der Waals surface area contributed by atoms with Gasteiger partial charge in [0.15, 0.2) is 0 Å². The number of benzene rings is 1. The van der Waals surface area contributed by atoms with Crippen molar-refractivity contribution in [2.24, 2.45) is 0 Å². The first kappa shape index (κ1) is 10.6.